The van der Waals surface area contributed by atoms with E-state index in [2.05, 4.69) is 56.5 Å². The molecule has 1 saturated heterocycles. The highest BCUT2D eigenvalue weighted by atomic mass is 32.1. The van der Waals surface area contributed by atoms with Crippen LogP contribution in [0.5, 0.6) is 0 Å². The van der Waals surface area contributed by atoms with Crippen LogP contribution in [0.3, 0.4) is 0 Å². The molecular formula is C19H28N6S. The zero-order chi connectivity index (χ0) is 18.5. The molecule has 0 aromatic carbocycles. The zero-order valence-corrected chi connectivity index (χ0v) is 16.9. The Balaban J connectivity index is 1.48. The molecule has 2 N–H and O–H groups in total. The van der Waals surface area contributed by atoms with E-state index in [9.17, 15) is 0 Å². The largest absolute Gasteiger partial charge is 0.356 e. The molecule has 1 aliphatic heterocycles. The Kier molecular flexibility index (Phi) is 6.08. The third-order valence-corrected chi connectivity index (χ3v) is 5.81. The van der Waals surface area contributed by atoms with E-state index >= 15 is 0 Å². The number of hydrogen-bond donors (Lipinski definition) is 2. The first kappa shape index (κ1) is 18.6. The van der Waals surface area contributed by atoms with E-state index in [0.717, 1.165) is 54.1 Å². The highest BCUT2D eigenvalue weighted by Crippen LogP contribution is 2.18. The van der Waals surface area contributed by atoms with Gasteiger partial charge in [-0.05, 0) is 45.7 Å². The van der Waals surface area contributed by atoms with Crippen molar-refractivity contribution in [1.82, 2.24) is 20.6 Å². The number of aliphatic imine (C=N–C) groups is 1. The number of aromatic nitrogens is 2. The Labute approximate surface area is 159 Å². The summed E-state index contributed by atoms with van der Waals surface area (Å²) in [6, 6.07) is 6.65. The monoisotopic (exact) mass is 372 g/mol. The van der Waals surface area contributed by atoms with Crippen LogP contribution in [0.1, 0.15) is 34.1 Å². The van der Waals surface area contributed by atoms with Gasteiger partial charge in [0.25, 0.3) is 0 Å². The number of nitrogens with zero attached hydrogens (tertiary/aromatic N) is 4. The lowest BCUT2D eigenvalue weighted by atomic mass is 10.1. The predicted molar refractivity (Wildman–Crippen MR) is 109 cm³/mol. The minimum absolute atomic E-state index is 0.432. The number of piperidine rings is 1. The van der Waals surface area contributed by atoms with Crippen LogP contribution in [0.25, 0.3) is 0 Å². The summed E-state index contributed by atoms with van der Waals surface area (Å²) in [5.41, 5.74) is 2.19. The first-order valence-corrected chi connectivity index (χ1v) is 9.95. The highest BCUT2D eigenvalue weighted by Gasteiger charge is 2.21. The van der Waals surface area contributed by atoms with Crippen LogP contribution in [0.2, 0.25) is 0 Å². The van der Waals surface area contributed by atoms with Crippen molar-refractivity contribution in [3.05, 3.63) is 39.5 Å². The summed E-state index contributed by atoms with van der Waals surface area (Å²) in [6.45, 7) is 8.94. The lowest BCUT2D eigenvalue weighted by Crippen LogP contribution is -2.48. The smallest absolute Gasteiger partial charge is 0.191 e. The second-order valence-corrected chi connectivity index (χ2v) is 8.01. The quantitative estimate of drug-likeness (QED) is 0.638. The van der Waals surface area contributed by atoms with Crippen molar-refractivity contribution >= 4 is 23.1 Å². The summed E-state index contributed by atoms with van der Waals surface area (Å²) in [5.74, 6) is 1.93. The zero-order valence-electron chi connectivity index (χ0n) is 16.0. The number of anilines is 1. The van der Waals surface area contributed by atoms with Crippen molar-refractivity contribution in [3.63, 3.8) is 0 Å². The third kappa shape index (κ3) is 4.72. The van der Waals surface area contributed by atoms with Gasteiger partial charge in [0.05, 0.1) is 12.2 Å². The standard InChI is InChI=1S/C19H28N6S/c1-13-6-5-7-17(22-13)25-10-8-16(9-11-25)24-19(20-4)21-12-18-23-14(2)15(3)26-18/h5-7,16H,8-12H2,1-4H3,(H2,20,21,24). The van der Waals surface area contributed by atoms with E-state index in [4.69, 9.17) is 0 Å². The van der Waals surface area contributed by atoms with Crippen molar-refractivity contribution in [2.75, 3.05) is 25.0 Å². The maximum absolute atomic E-state index is 4.63. The predicted octanol–water partition coefficient (Wildman–Crippen LogP) is 2.80. The fourth-order valence-electron chi connectivity index (χ4n) is 3.12. The molecule has 0 radical (unpaired) electrons. The van der Waals surface area contributed by atoms with Gasteiger partial charge in [-0.25, -0.2) is 9.97 Å². The SMILES string of the molecule is CN=C(NCc1nc(C)c(C)s1)NC1CCN(c2cccc(C)n2)CC1. The molecule has 3 heterocycles. The molecule has 3 rings (SSSR count). The van der Waals surface area contributed by atoms with Crippen LogP contribution in [-0.2, 0) is 6.54 Å². The molecule has 1 fully saturated rings. The van der Waals surface area contributed by atoms with Gasteiger partial charge in [-0.3, -0.25) is 4.99 Å². The number of pyridine rings is 1. The molecule has 0 atom stereocenters. The summed E-state index contributed by atoms with van der Waals surface area (Å²) in [6.07, 6.45) is 2.15. The second-order valence-electron chi connectivity index (χ2n) is 6.72. The van der Waals surface area contributed by atoms with Crippen molar-refractivity contribution in [1.29, 1.82) is 0 Å². The van der Waals surface area contributed by atoms with E-state index in [1.165, 1.54) is 4.88 Å². The van der Waals surface area contributed by atoms with Gasteiger partial charge in [0.15, 0.2) is 5.96 Å². The molecule has 0 aliphatic carbocycles. The van der Waals surface area contributed by atoms with Crippen LogP contribution in [0.4, 0.5) is 5.82 Å². The van der Waals surface area contributed by atoms with Crippen molar-refractivity contribution in [2.45, 2.75) is 46.2 Å². The normalized spacial score (nSPS) is 16.0. The maximum atomic E-state index is 4.63. The maximum Gasteiger partial charge on any atom is 0.191 e. The van der Waals surface area contributed by atoms with Crippen molar-refractivity contribution < 1.29 is 0 Å². The first-order chi connectivity index (χ1) is 12.5. The summed E-state index contributed by atoms with van der Waals surface area (Å²) < 4.78 is 0. The van der Waals surface area contributed by atoms with Gasteiger partial charge >= 0.3 is 0 Å². The van der Waals surface area contributed by atoms with Gasteiger partial charge in [0, 0.05) is 36.8 Å². The highest BCUT2D eigenvalue weighted by molar-refractivity contribution is 7.11. The Morgan fingerprint density at radius 3 is 2.62 bits per heavy atom. The Hall–Kier alpha value is -2.15. The van der Waals surface area contributed by atoms with E-state index < -0.39 is 0 Å². The Morgan fingerprint density at radius 1 is 1.23 bits per heavy atom. The molecule has 0 amide bonds. The lowest BCUT2D eigenvalue weighted by molar-refractivity contribution is 0.459. The molecule has 0 spiro atoms. The summed E-state index contributed by atoms with van der Waals surface area (Å²) in [7, 11) is 1.82. The average molecular weight is 373 g/mol. The fraction of sp³-hybridized carbons (Fsp3) is 0.526. The number of guanidine groups is 1. The van der Waals surface area contributed by atoms with Gasteiger partial charge in [0.1, 0.15) is 10.8 Å². The van der Waals surface area contributed by atoms with Crippen LogP contribution >= 0.6 is 11.3 Å². The molecule has 2 aromatic heterocycles. The van der Waals surface area contributed by atoms with E-state index in [-0.39, 0.29) is 0 Å². The van der Waals surface area contributed by atoms with E-state index in [1.54, 1.807) is 11.3 Å². The van der Waals surface area contributed by atoms with Gasteiger partial charge in [-0.1, -0.05) is 6.07 Å². The molecular weight excluding hydrogens is 344 g/mol. The Morgan fingerprint density at radius 2 is 2.00 bits per heavy atom. The number of nitrogens with one attached hydrogen (secondary N) is 2. The topological polar surface area (TPSA) is 65.4 Å². The van der Waals surface area contributed by atoms with Crippen LogP contribution in [0.15, 0.2) is 23.2 Å². The number of hydrogen-bond acceptors (Lipinski definition) is 5. The molecule has 7 heteroatoms. The van der Waals surface area contributed by atoms with Gasteiger partial charge < -0.3 is 15.5 Å². The summed E-state index contributed by atoms with van der Waals surface area (Å²) in [5, 5.41) is 8.03. The summed E-state index contributed by atoms with van der Waals surface area (Å²) >= 11 is 1.74. The molecule has 0 bridgehead atoms. The van der Waals surface area contributed by atoms with Gasteiger partial charge in [0.2, 0.25) is 0 Å². The minimum atomic E-state index is 0.432. The molecule has 0 saturated carbocycles. The third-order valence-electron chi connectivity index (χ3n) is 4.74. The lowest BCUT2D eigenvalue weighted by Gasteiger charge is -2.33. The summed E-state index contributed by atoms with van der Waals surface area (Å²) in [4.78, 5) is 17.2. The molecule has 26 heavy (non-hydrogen) atoms. The molecule has 0 unspecified atom stereocenters. The molecule has 2 aromatic rings. The molecule has 6 nitrogen and oxygen atoms in total. The van der Waals surface area contributed by atoms with Crippen LogP contribution in [0, 0.1) is 20.8 Å². The average Bonchev–Trinajstić information content (AvgIpc) is 2.97. The van der Waals surface area contributed by atoms with Gasteiger partial charge in [-0.15, -0.1) is 11.3 Å². The molecule has 1 aliphatic rings. The first-order valence-electron chi connectivity index (χ1n) is 9.14. The van der Waals surface area contributed by atoms with Crippen LogP contribution < -0.4 is 15.5 Å². The van der Waals surface area contributed by atoms with Gasteiger partial charge in [-0.2, -0.15) is 0 Å². The minimum Gasteiger partial charge on any atom is -0.356 e. The van der Waals surface area contributed by atoms with Crippen LogP contribution in [-0.4, -0.2) is 42.1 Å². The second kappa shape index (κ2) is 8.49. The Bertz CT molecular complexity index is 742. The number of thiazole rings is 1. The van der Waals surface area contributed by atoms with E-state index in [0.29, 0.717) is 12.6 Å². The van der Waals surface area contributed by atoms with Crippen molar-refractivity contribution in [3.8, 4) is 0 Å². The van der Waals surface area contributed by atoms with E-state index in [1.807, 2.05) is 20.0 Å². The molecule has 140 valence electrons. The van der Waals surface area contributed by atoms with Crippen molar-refractivity contribution in [2.24, 2.45) is 4.99 Å². The fourth-order valence-corrected chi connectivity index (χ4v) is 3.99. The number of aryl methyl sites for hydroxylation is 3. The number of rotatable bonds is 4.